The molecule has 0 aliphatic heterocycles. The summed E-state index contributed by atoms with van der Waals surface area (Å²) < 4.78 is 0. The molecule has 1 amide bonds. The van der Waals surface area contributed by atoms with Gasteiger partial charge in [0.1, 0.15) is 0 Å². The van der Waals surface area contributed by atoms with Crippen molar-refractivity contribution >= 4 is 17.2 Å². The monoisotopic (exact) mass is 172 g/mol. The van der Waals surface area contributed by atoms with E-state index >= 15 is 0 Å². The van der Waals surface area contributed by atoms with Crippen LogP contribution < -0.4 is 5.48 Å². The Morgan fingerprint density at radius 1 is 1.91 bits per heavy atom. The molecule has 60 valence electrons. The molecule has 0 atom stereocenters. The largest absolute Gasteiger partial charge is 0.289 e. The lowest BCUT2D eigenvalue weighted by Crippen LogP contribution is -2.20. The number of nitrogens with zero attached hydrogens (tertiary/aromatic N) is 1. The molecular formula is C6H8N2O2S. The Labute approximate surface area is 67.8 Å². The van der Waals surface area contributed by atoms with Crippen molar-refractivity contribution in [3.05, 3.63) is 16.1 Å². The lowest BCUT2D eigenvalue weighted by atomic mass is 10.3. The SMILES string of the molecule is Cc1nc(CC(=O)NO)cs1. The van der Waals surface area contributed by atoms with Crippen LogP contribution in [0.25, 0.3) is 0 Å². The van der Waals surface area contributed by atoms with Crippen LogP contribution in [0, 0.1) is 6.92 Å². The van der Waals surface area contributed by atoms with Gasteiger partial charge in [0, 0.05) is 5.38 Å². The molecule has 0 aliphatic rings. The van der Waals surface area contributed by atoms with Crippen molar-refractivity contribution in [2.24, 2.45) is 0 Å². The van der Waals surface area contributed by atoms with Gasteiger partial charge >= 0.3 is 0 Å². The zero-order valence-corrected chi connectivity index (χ0v) is 6.81. The molecule has 0 fully saturated rings. The maximum atomic E-state index is 10.6. The number of rotatable bonds is 2. The Kier molecular flexibility index (Phi) is 2.56. The number of carbonyl (C=O) groups excluding carboxylic acids is 1. The first-order valence-corrected chi connectivity index (χ1v) is 3.94. The molecule has 0 spiro atoms. The molecule has 0 aliphatic carbocycles. The first-order chi connectivity index (χ1) is 5.22. The molecule has 1 rings (SSSR count). The number of hydrogen-bond acceptors (Lipinski definition) is 4. The number of nitrogens with one attached hydrogen (secondary N) is 1. The van der Waals surface area contributed by atoms with Gasteiger partial charge in [-0.2, -0.15) is 0 Å². The van der Waals surface area contributed by atoms with Crippen molar-refractivity contribution in [2.75, 3.05) is 0 Å². The smallest absolute Gasteiger partial charge is 0.249 e. The third-order valence-electron chi connectivity index (χ3n) is 1.13. The van der Waals surface area contributed by atoms with E-state index in [2.05, 4.69) is 4.98 Å². The first kappa shape index (κ1) is 8.16. The Hall–Kier alpha value is -0.940. The van der Waals surface area contributed by atoms with Gasteiger partial charge in [-0.3, -0.25) is 10.0 Å². The standard InChI is InChI=1S/C6H8N2O2S/c1-4-7-5(3-11-4)2-6(9)8-10/h3,10H,2H2,1H3,(H,8,9). The lowest BCUT2D eigenvalue weighted by molar-refractivity contribution is -0.128. The van der Waals surface area contributed by atoms with Crippen molar-refractivity contribution in [1.82, 2.24) is 10.5 Å². The molecule has 0 aromatic carbocycles. The van der Waals surface area contributed by atoms with E-state index < -0.39 is 5.91 Å². The van der Waals surface area contributed by atoms with Gasteiger partial charge in [0.15, 0.2) is 0 Å². The van der Waals surface area contributed by atoms with Crippen LogP contribution in [0.3, 0.4) is 0 Å². The number of hydroxylamine groups is 1. The molecule has 11 heavy (non-hydrogen) atoms. The summed E-state index contributed by atoms with van der Waals surface area (Å²) in [4.78, 5) is 14.6. The Balaban J connectivity index is 2.57. The summed E-state index contributed by atoms with van der Waals surface area (Å²) in [5, 5.41) is 10.9. The second-order valence-corrected chi connectivity index (χ2v) is 3.13. The van der Waals surface area contributed by atoms with Crippen molar-refractivity contribution < 1.29 is 10.0 Å². The van der Waals surface area contributed by atoms with E-state index in [0.717, 1.165) is 5.01 Å². The van der Waals surface area contributed by atoms with Crippen LogP contribution in [0.2, 0.25) is 0 Å². The fourth-order valence-corrected chi connectivity index (χ4v) is 1.31. The zero-order chi connectivity index (χ0) is 8.27. The minimum atomic E-state index is -0.435. The highest BCUT2D eigenvalue weighted by Crippen LogP contribution is 2.07. The third-order valence-corrected chi connectivity index (χ3v) is 1.96. The predicted molar refractivity (Wildman–Crippen MR) is 40.5 cm³/mol. The molecule has 0 radical (unpaired) electrons. The van der Waals surface area contributed by atoms with Gasteiger partial charge in [0.25, 0.3) is 0 Å². The van der Waals surface area contributed by atoms with Gasteiger partial charge in [-0.15, -0.1) is 11.3 Å². The minimum Gasteiger partial charge on any atom is -0.289 e. The topological polar surface area (TPSA) is 62.2 Å². The maximum Gasteiger partial charge on any atom is 0.249 e. The van der Waals surface area contributed by atoms with E-state index in [4.69, 9.17) is 5.21 Å². The summed E-state index contributed by atoms with van der Waals surface area (Å²) in [6.07, 6.45) is 0.140. The van der Waals surface area contributed by atoms with Crippen LogP contribution in [0.1, 0.15) is 10.7 Å². The Bertz CT molecular complexity index is 259. The van der Waals surface area contributed by atoms with Crippen LogP contribution in [0.15, 0.2) is 5.38 Å². The molecule has 0 saturated heterocycles. The van der Waals surface area contributed by atoms with E-state index in [1.165, 1.54) is 11.3 Å². The van der Waals surface area contributed by atoms with Gasteiger partial charge in [-0.05, 0) is 6.92 Å². The van der Waals surface area contributed by atoms with Crippen molar-refractivity contribution in [2.45, 2.75) is 13.3 Å². The van der Waals surface area contributed by atoms with Crippen LogP contribution in [-0.2, 0) is 11.2 Å². The van der Waals surface area contributed by atoms with E-state index in [9.17, 15) is 4.79 Å². The summed E-state index contributed by atoms with van der Waals surface area (Å²) >= 11 is 1.48. The fraction of sp³-hybridized carbons (Fsp3) is 0.333. The number of hydrogen-bond donors (Lipinski definition) is 2. The third kappa shape index (κ3) is 2.28. The highest BCUT2D eigenvalue weighted by atomic mass is 32.1. The summed E-state index contributed by atoms with van der Waals surface area (Å²) in [6.45, 7) is 1.87. The number of carbonyl (C=O) groups is 1. The normalized spacial score (nSPS) is 9.64. The highest BCUT2D eigenvalue weighted by molar-refractivity contribution is 7.09. The van der Waals surface area contributed by atoms with Crippen LogP contribution in [0.5, 0.6) is 0 Å². The summed E-state index contributed by atoms with van der Waals surface area (Å²) in [6, 6.07) is 0. The van der Waals surface area contributed by atoms with E-state index in [0.29, 0.717) is 5.69 Å². The minimum absolute atomic E-state index is 0.140. The second-order valence-electron chi connectivity index (χ2n) is 2.07. The van der Waals surface area contributed by atoms with Gasteiger partial charge in [-0.1, -0.05) is 0 Å². The molecule has 2 N–H and O–H groups in total. The van der Waals surface area contributed by atoms with Crippen molar-refractivity contribution in [3.63, 3.8) is 0 Å². The molecule has 0 saturated carbocycles. The van der Waals surface area contributed by atoms with Crippen molar-refractivity contribution in [1.29, 1.82) is 0 Å². The van der Waals surface area contributed by atoms with Crippen molar-refractivity contribution in [3.8, 4) is 0 Å². The molecular weight excluding hydrogens is 164 g/mol. The number of thiazole rings is 1. The van der Waals surface area contributed by atoms with Gasteiger partial charge in [-0.25, -0.2) is 10.5 Å². The van der Waals surface area contributed by atoms with E-state index in [-0.39, 0.29) is 6.42 Å². The molecule has 0 unspecified atom stereocenters. The lowest BCUT2D eigenvalue weighted by Gasteiger charge is -1.92. The van der Waals surface area contributed by atoms with Gasteiger partial charge in [0.05, 0.1) is 17.1 Å². The number of aryl methyl sites for hydroxylation is 1. The molecule has 5 heteroatoms. The van der Waals surface area contributed by atoms with Gasteiger partial charge < -0.3 is 0 Å². The molecule has 1 aromatic heterocycles. The molecule has 4 nitrogen and oxygen atoms in total. The average molecular weight is 172 g/mol. The summed E-state index contributed by atoms with van der Waals surface area (Å²) in [5.74, 6) is -0.435. The predicted octanol–water partition coefficient (Wildman–Crippen LogP) is 0.499. The summed E-state index contributed by atoms with van der Waals surface area (Å²) in [7, 11) is 0. The molecule has 1 aromatic rings. The number of aromatic nitrogens is 1. The van der Waals surface area contributed by atoms with E-state index in [1.807, 2.05) is 6.92 Å². The first-order valence-electron chi connectivity index (χ1n) is 3.06. The Morgan fingerprint density at radius 3 is 3.09 bits per heavy atom. The maximum absolute atomic E-state index is 10.6. The highest BCUT2D eigenvalue weighted by Gasteiger charge is 2.03. The van der Waals surface area contributed by atoms with Crippen LogP contribution in [-0.4, -0.2) is 16.1 Å². The number of amides is 1. The quantitative estimate of drug-likeness (QED) is 0.504. The summed E-state index contributed by atoms with van der Waals surface area (Å²) in [5.41, 5.74) is 2.24. The fourth-order valence-electron chi connectivity index (χ4n) is 0.693. The molecule has 0 bridgehead atoms. The van der Waals surface area contributed by atoms with Gasteiger partial charge in [0.2, 0.25) is 5.91 Å². The molecule has 1 heterocycles. The zero-order valence-electron chi connectivity index (χ0n) is 6.00. The average Bonchev–Trinajstić information content (AvgIpc) is 2.35. The van der Waals surface area contributed by atoms with Crippen LogP contribution in [0.4, 0.5) is 0 Å². The van der Waals surface area contributed by atoms with E-state index in [1.54, 1.807) is 10.9 Å². The Morgan fingerprint density at radius 2 is 2.64 bits per heavy atom. The second kappa shape index (κ2) is 3.45. The van der Waals surface area contributed by atoms with Crippen LogP contribution >= 0.6 is 11.3 Å².